The Kier molecular flexibility index (Phi) is 8.25. The molecule has 1 aliphatic heterocycles. The number of thiophene rings is 1. The number of halogens is 1. The normalized spacial score (nSPS) is 23.7. The van der Waals surface area contributed by atoms with Crippen molar-refractivity contribution in [3.05, 3.63) is 22.4 Å². The number of hydrogen-bond acceptors (Lipinski definition) is 4. The number of hydrogen-bond donors (Lipinski definition) is 2. The lowest BCUT2D eigenvalue weighted by atomic mass is 10.1. The van der Waals surface area contributed by atoms with Crippen molar-refractivity contribution in [3.8, 4) is 0 Å². The Bertz CT molecular complexity index is 502. The Labute approximate surface area is 165 Å². The lowest BCUT2D eigenvalue weighted by Crippen LogP contribution is -2.34. The minimum Gasteiger partial charge on any atom is -0.370 e. The summed E-state index contributed by atoms with van der Waals surface area (Å²) in [4.78, 5) is 5.76. The molecule has 1 spiro atoms. The van der Waals surface area contributed by atoms with E-state index in [-0.39, 0.29) is 35.9 Å². The van der Waals surface area contributed by atoms with E-state index in [1.54, 1.807) is 11.3 Å². The third kappa shape index (κ3) is 5.86. The second-order valence-electron chi connectivity index (χ2n) is 6.36. The van der Waals surface area contributed by atoms with Gasteiger partial charge >= 0.3 is 0 Å². The Morgan fingerprint density at radius 3 is 2.83 bits per heavy atom. The van der Waals surface area contributed by atoms with E-state index in [2.05, 4.69) is 27.8 Å². The van der Waals surface area contributed by atoms with E-state index in [0.717, 1.165) is 25.8 Å². The highest BCUT2D eigenvalue weighted by Crippen LogP contribution is 2.36. The maximum Gasteiger partial charge on any atom is 0.188 e. The molecule has 24 heavy (non-hydrogen) atoms. The maximum absolute atomic E-state index is 6.17. The van der Waals surface area contributed by atoms with Crippen LogP contribution in [0.2, 0.25) is 0 Å². The van der Waals surface area contributed by atoms with Gasteiger partial charge in [-0.1, -0.05) is 18.9 Å². The van der Waals surface area contributed by atoms with Crippen LogP contribution in [0.1, 0.15) is 43.4 Å². The van der Waals surface area contributed by atoms with E-state index in [4.69, 9.17) is 15.2 Å². The Morgan fingerprint density at radius 2 is 2.12 bits per heavy atom. The lowest BCUT2D eigenvalue weighted by Gasteiger charge is -2.26. The van der Waals surface area contributed by atoms with Crippen molar-refractivity contribution in [2.24, 2.45) is 10.7 Å². The SMILES string of the molecule is I.NC(=NCC1COC2(CCCCCC2)O1)NCCc1cccs1. The average molecular weight is 465 g/mol. The smallest absolute Gasteiger partial charge is 0.188 e. The van der Waals surface area contributed by atoms with Gasteiger partial charge in [-0.2, -0.15) is 0 Å². The molecule has 2 heterocycles. The molecule has 1 aromatic heterocycles. The van der Waals surface area contributed by atoms with E-state index < -0.39 is 0 Å². The van der Waals surface area contributed by atoms with Gasteiger partial charge in [0.25, 0.3) is 0 Å². The van der Waals surface area contributed by atoms with Crippen molar-refractivity contribution in [1.82, 2.24) is 5.32 Å². The van der Waals surface area contributed by atoms with Gasteiger partial charge in [0.15, 0.2) is 11.7 Å². The van der Waals surface area contributed by atoms with Gasteiger partial charge in [0, 0.05) is 24.3 Å². The highest BCUT2D eigenvalue weighted by Gasteiger charge is 2.41. The molecular formula is C17H28IN3O2S. The summed E-state index contributed by atoms with van der Waals surface area (Å²) in [5.41, 5.74) is 5.93. The van der Waals surface area contributed by atoms with Gasteiger partial charge in [0.05, 0.1) is 13.2 Å². The zero-order valence-electron chi connectivity index (χ0n) is 14.0. The summed E-state index contributed by atoms with van der Waals surface area (Å²) in [5, 5.41) is 5.25. The lowest BCUT2D eigenvalue weighted by molar-refractivity contribution is -0.174. The second kappa shape index (κ2) is 9.94. The first-order valence-electron chi connectivity index (χ1n) is 8.64. The highest BCUT2D eigenvalue weighted by molar-refractivity contribution is 14.0. The van der Waals surface area contributed by atoms with E-state index in [1.807, 2.05) is 0 Å². The number of nitrogens with zero attached hydrogens (tertiary/aromatic N) is 1. The van der Waals surface area contributed by atoms with Crippen molar-refractivity contribution in [3.63, 3.8) is 0 Å². The Hall–Kier alpha value is -0.380. The van der Waals surface area contributed by atoms with Crippen LogP contribution in [0.3, 0.4) is 0 Å². The molecule has 0 radical (unpaired) electrons. The molecule has 2 aliphatic rings. The highest BCUT2D eigenvalue weighted by atomic mass is 127. The Balaban J connectivity index is 0.00000208. The number of nitrogens with two attached hydrogens (primary N) is 1. The number of ether oxygens (including phenoxy) is 2. The molecule has 3 rings (SSSR count). The van der Waals surface area contributed by atoms with Crippen LogP contribution in [0, 0.1) is 0 Å². The largest absolute Gasteiger partial charge is 0.370 e. The van der Waals surface area contributed by atoms with Crippen LogP contribution in [0.4, 0.5) is 0 Å². The molecule has 136 valence electrons. The molecule has 0 bridgehead atoms. The summed E-state index contributed by atoms with van der Waals surface area (Å²) in [6.45, 7) is 2.01. The second-order valence-corrected chi connectivity index (χ2v) is 7.39. The molecule has 0 aromatic carbocycles. The van der Waals surface area contributed by atoms with Crippen LogP contribution in [0.15, 0.2) is 22.5 Å². The van der Waals surface area contributed by atoms with Gasteiger partial charge in [-0.05, 0) is 30.7 Å². The van der Waals surface area contributed by atoms with Crippen molar-refractivity contribution >= 4 is 41.3 Å². The van der Waals surface area contributed by atoms with Gasteiger partial charge in [0.1, 0.15) is 6.10 Å². The summed E-state index contributed by atoms with van der Waals surface area (Å²) in [6.07, 6.45) is 8.01. The minimum atomic E-state index is -0.335. The molecule has 0 amide bonds. The third-order valence-electron chi connectivity index (χ3n) is 4.50. The van der Waals surface area contributed by atoms with Crippen molar-refractivity contribution < 1.29 is 9.47 Å². The fourth-order valence-corrected chi connectivity index (χ4v) is 3.97. The van der Waals surface area contributed by atoms with Gasteiger partial charge in [0.2, 0.25) is 0 Å². The number of guanidine groups is 1. The van der Waals surface area contributed by atoms with Gasteiger partial charge < -0.3 is 20.5 Å². The fourth-order valence-electron chi connectivity index (χ4n) is 3.26. The molecule has 1 atom stereocenters. The molecule has 1 saturated heterocycles. The molecule has 1 aromatic rings. The summed E-state index contributed by atoms with van der Waals surface area (Å²) in [7, 11) is 0. The number of aliphatic imine (C=N–C) groups is 1. The van der Waals surface area contributed by atoms with E-state index in [9.17, 15) is 0 Å². The van der Waals surface area contributed by atoms with Crippen molar-refractivity contribution in [2.75, 3.05) is 19.7 Å². The van der Waals surface area contributed by atoms with Crippen molar-refractivity contribution in [2.45, 2.75) is 56.8 Å². The van der Waals surface area contributed by atoms with Gasteiger partial charge in [-0.25, -0.2) is 0 Å². The molecule has 2 fully saturated rings. The third-order valence-corrected chi connectivity index (χ3v) is 5.44. The molecule has 1 unspecified atom stereocenters. The molecule has 1 aliphatic carbocycles. The molecular weight excluding hydrogens is 437 g/mol. The quantitative estimate of drug-likeness (QED) is 0.398. The first-order chi connectivity index (χ1) is 11.3. The molecule has 3 N–H and O–H groups in total. The standard InChI is InChI=1S/C17H27N3O2S.HI/c18-16(19-10-7-15-6-5-11-23-15)20-12-14-13-21-17(22-14)8-3-1-2-4-9-17;/h5-6,11,14H,1-4,7-10,12-13H2,(H3,18,19,20);1H. The summed E-state index contributed by atoms with van der Waals surface area (Å²) in [5.74, 6) is 0.157. The van der Waals surface area contributed by atoms with Gasteiger partial charge in [-0.3, -0.25) is 4.99 Å². The average Bonchev–Trinajstić information content (AvgIpc) is 3.13. The van der Waals surface area contributed by atoms with Crippen LogP contribution < -0.4 is 11.1 Å². The minimum absolute atomic E-state index is 0. The van der Waals surface area contributed by atoms with Crippen LogP contribution >= 0.6 is 35.3 Å². The zero-order chi connectivity index (χ0) is 16.0. The Morgan fingerprint density at radius 1 is 1.33 bits per heavy atom. The zero-order valence-corrected chi connectivity index (χ0v) is 17.2. The topological polar surface area (TPSA) is 68.9 Å². The number of rotatable bonds is 5. The van der Waals surface area contributed by atoms with Crippen LogP contribution in [-0.4, -0.2) is 37.5 Å². The van der Waals surface area contributed by atoms with Gasteiger partial charge in [-0.15, -0.1) is 35.3 Å². The summed E-state index contributed by atoms with van der Waals surface area (Å²) >= 11 is 1.77. The van der Waals surface area contributed by atoms with E-state index >= 15 is 0 Å². The predicted molar refractivity (Wildman–Crippen MR) is 109 cm³/mol. The van der Waals surface area contributed by atoms with Crippen molar-refractivity contribution in [1.29, 1.82) is 0 Å². The van der Waals surface area contributed by atoms with Crippen LogP contribution in [0.25, 0.3) is 0 Å². The molecule has 5 nitrogen and oxygen atoms in total. The predicted octanol–water partition coefficient (Wildman–Crippen LogP) is 3.28. The first-order valence-corrected chi connectivity index (χ1v) is 9.52. The molecule has 1 saturated carbocycles. The van der Waals surface area contributed by atoms with Crippen LogP contribution in [-0.2, 0) is 15.9 Å². The maximum atomic E-state index is 6.17. The van der Waals surface area contributed by atoms with E-state index in [1.165, 1.54) is 30.6 Å². The summed E-state index contributed by atoms with van der Waals surface area (Å²) in [6, 6.07) is 4.20. The van der Waals surface area contributed by atoms with Crippen LogP contribution in [0.5, 0.6) is 0 Å². The summed E-state index contributed by atoms with van der Waals surface area (Å²) < 4.78 is 12.2. The molecule has 7 heteroatoms. The monoisotopic (exact) mass is 465 g/mol. The first kappa shape index (κ1) is 19.9. The van der Waals surface area contributed by atoms with E-state index in [0.29, 0.717) is 19.1 Å². The fraction of sp³-hybridized carbons (Fsp3) is 0.706. The number of nitrogens with one attached hydrogen (secondary N) is 1.